The van der Waals surface area contributed by atoms with Crippen LogP contribution < -0.4 is 5.32 Å². The molecule has 5 nitrogen and oxygen atoms in total. The first-order valence-corrected chi connectivity index (χ1v) is 7.99. The summed E-state index contributed by atoms with van der Waals surface area (Å²) < 4.78 is 10.4. The smallest absolute Gasteiger partial charge is 0.357 e. The van der Waals surface area contributed by atoms with E-state index in [0.717, 1.165) is 11.1 Å². The zero-order chi connectivity index (χ0) is 17.7. The number of carbonyl (C=O) groups is 2. The SMILES string of the molecule is COC(=O)C1(Cc2ccccc2)OC(=O)C=C1NCc1ccccc1. The molecule has 0 saturated heterocycles. The first kappa shape index (κ1) is 16.8. The highest BCUT2D eigenvalue weighted by molar-refractivity contribution is 5.96. The Hall–Kier alpha value is -3.08. The molecule has 3 rings (SSSR count). The highest BCUT2D eigenvalue weighted by Gasteiger charge is 2.51. The van der Waals surface area contributed by atoms with Gasteiger partial charge in [0, 0.05) is 19.0 Å². The maximum Gasteiger partial charge on any atom is 0.357 e. The third-order valence-corrected chi connectivity index (χ3v) is 4.11. The van der Waals surface area contributed by atoms with Crippen molar-refractivity contribution in [3.8, 4) is 0 Å². The summed E-state index contributed by atoms with van der Waals surface area (Å²) in [4.78, 5) is 24.5. The molecule has 128 valence electrons. The fourth-order valence-corrected chi connectivity index (χ4v) is 2.88. The van der Waals surface area contributed by atoms with E-state index in [-0.39, 0.29) is 6.42 Å². The molecule has 0 fully saturated rings. The average molecular weight is 337 g/mol. The van der Waals surface area contributed by atoms with E-state index in [2.05, 4.69) is 5.32 Å². The molecule has 1 unspecified atom stereocenters. The monoisotopic (exact) mass is 337 g/mol. The van der Waals surface area contributed by atoms with E-state index >= 15 is 0 Å². The molecule has 1 N–H and O–H groups in total. The van der Waals surface area contributed by atoms with Crippen molar-refractivity contribution in [3.05, 3.63) is 83.6 Å². The van der Waals surface area contributed by atoms with Gasteiger partial charge in [0.25, 0.3) is 5.60 Å². The van der Waals surface area contributed by atoms with Crippen molar-refractivity contribution >= 4 is 11.9 Å². The van der Waals surface area contributed by atoms with E-state index < -0.39 is 17.5 Å². The lowest BCUT2D eigenvalue weighted by Crippen LogP contribution is -2.48. The van der Waals surface area contributed by atoms with Crippen LogP contribution in [0.4, 0.5) is 0 Å². The second kappa shape index (κ2) is 7.21. The summed E-state index contributed by atoms with van der Waals surface area (Å²) in [5, 5.41) is 3.17. The minimum absolute atomic E-state index is 0.208. The average Bonchev–Trinajstić information content (AvgIpc) is 2.97. The summed E-state index contributed by atoms with van der Waals surface area (Å²) in [6.45, 7) is 0.469. The summed E-state index contributed by atoms with van der Waals surface area (Å²) >= 11 is 0. The maximum atomic E-state index is 12.5. The molecule has 1 heterocycles. The Morgan fingerprint density at radius 2 is 1.64 bits per heavy atom. The van der Waals surface area contributed by atoms with Crippen LogP contribution in [0.3, 0.4) is 0 Å². The second-order valence-corrected chi connectivity index (χ2v) is 5.80. The molecular formula is C20H19NO4. The van der Waals surface area contributed by atoms with Gasteiger partial charge in [0.2, 0.25) is 0 Å². The van der Waals surface area contributed by atoms with Crippen molar-refractivity contribution < 1.29 is 19.1 Å². The van der Waals surface area contributed by atoms with Crippen LogP contribution in [0.5, 0.6) is 0 Å². The highest BCUT2D eigenvalue weighted by atomic mass is 16.6. The van der Waals surface area contributed by atoms with Crippen LogP contribution in [0.2, 0.25) is 0 Å². The van der Waals surface area contributed by atoms with E-state index in [1.165, 1.54) is 13.2 Å². The van der Waals surface area contributed by atoms with E-state index in [4.69, 9.17) is 9.47 Å². The van der Waals surface area contributed by atoms with E-state index in [0.29, 0.717) is 12.2 Å². The number of cyclic esters (lactones) is 1. The molecule has 25 heavy (non-hydrogen) atoms. The van der Waals surface area contributed by atoms with Crippen LogP contribution in [0, 0.1) is 0 Å². The van der Waals surface area contributed by atoms with Crippen LogP contribution >= 0.6 is 0 Å². The Balaban J connectivity index is 1.88. The lowest BCUT2D eigenvalue weighted by atomic mass is 9.91. The van der Waals surface area contributed by atoms with E-state index in [1.54, 1.807) is 0 Å². The van der Waals surface area contributed by atoms with Crippen LogP contribution in [0.25, 0.3) is 0 Å². The molecule has 2 aromatic carbocycles. The van der Waals surface area contributed by atoms with Gasteiger partial charge >= 0.3 is 11.9 Å². The molecule has 1 atom stereocenters. The number of benzene rings is 2. The van der Waals surface area contributed by atoms with Gasteiger partial charge in [-0.05, 0) is 11.1 Å². The van der Waals surface area contributed by atoms with Crippen molar-refractivity contribution in [1.82, 2.24) is 5.32 Å². The number of nitrogens with one attached hydrogen (secondary N) is 1. The number of hydrogen-bond acceptors (Lipinski definition) is 5. The highest BCUT2D eigenvalue weighted by Crippen LogP contribution is 2.32. The summed E-state index contributed by atoms with van der Waals surface area (Å²) in [5.74, 6) is -1.16. The van der Waals surface area contributed by atoms with Crippen LogP contribution in [0.15, 0.2) is 72.4 Å². The van der Waals surface area contributed by atoms with Gasteiger partial charge in [-0.2, -0.15) is 0 Å². The molecule has 0 aliphatic carbocycles. The lowest BCUT2D eigenvalue weighted by molar-refractivity contribution is -0.170. The second-order valence-electron chi connectivity index (χ2n) is 5.80. The standard InChI is InChI=1S/C20H19NO4/c1-24-19(23)20(13-15-8-4-2-5-9-15)17(12-18(22)25-20)21-14-16-10-6-3-7-11-16/h2-12,21H,13-14H2,1H3. The molecule has 1 aliphatic rings. The third kappa shape index (κ3) is 3.55. The molecule has 0 aromatic heterocycles. The van der Waals surface area contributed by atoms with Gasteiger partial charge in [-0.3, -0.25) is 0 Å². The van der Waals surface area contributed by atoms with Gasteiger partial charge in [0.15, 0.2) is 0 Å². The summed E-state index contributed by atoms with van der Waals surface area (Å²) in [6, 6.07) is 19.1. The quantitative estimate of drug-likeness (QED) is 0.820. The van der Waals surface area contributed by atoms with Gasteiger partial charge < -0.3 is 14.8 Å². The molecule has 0 saturated carbocycles. The summed E-state index contributed by atoms with van der Waals surface area (Å²) in [5.41, 5.74) is 0.829. The Labute approximate surface area is 146 Å². The van der Waals surface area contributed by atoms with Crippen LogP contribution in [-0.2, 0) is 32.0 Å². The Morgan fingerprint density at radius 3 is 2.24 bits per heavy atom. The van der Waals surface area contributed by atoms with Crippen molar-refractivity contribution in [2.45, 2.75) is 18.6 Å². The van der Waals surface area contributed by atoms with Crippen molar-refractivity contribution in [1.29, 1.82) is 0 Å². The largest absolute Gasteiger partial charge is 0.466 e. The Bertz CT molecular complexity index is 786. The van der Waals surface area contributed by atoms with E-state index in [1.807, 2.05) is 60.7 Å². The molecular weight excluding hydrogens is 318 g/mol. The number of carbonyl (C=O) groups excluding carboxylic acids is 2. The van der Waals surface area contributed by atoms with Crippen LogP contribution in [0.1, 0.15) is 11.1 Å². The molecule has 5 heteroatoms. The van der Waals surface area contributed by atoms with Gasteiger partial charge in [0.1, 0.15) is 0 Å². The maximum absolute atomic E-state index is 12.5. The van der Waals surface area contributed by atoms with Crippen molar-refractivity contribution in [2.24, 2.45) is 0 Å². The Kier molecular flexibility index (Phi) is 4.84. The molecule has 0 spiro atoms. The van der Waals surface area contributed by atoms with Gasteiger partial charge in [-0.1, -0.05) is 60.7 Å². The van der Waals surface area contributed by atoms with Crippen molar-refractivity contribution in [3.63, 3.8) is 0 Å². The molecule has 0 bridgehead atoms. The molecule has 1 aliphatic heterocycles. The minimum atomic E-state index is -1.48. The van der Waals surface area contributed by atoms with E-state index in [9.17, 15) is 9.59 Å². The topological polar surface area (TPSA) is 64.6 Å². The first-order valence-electron chi connectivity index (χ1n) is 7.99. The number of rotatable bonds is 6. The van der Waals surface area contributed by atoms with Crippen molar-refractivity contribution in [2.75, 3.05) is 7.11 Å². The molecule has 0 radical (unpaired) electrons. The predicted molar refractivity (Wildman–Crippen MR) is 92.3 cm³/mol. The summed E-state index contributed by atoms with van der Waals surface area (Å²) in [6.07, 6.45) is 1.53. The number of methoxy groups -OCH3 is 1. The number of hydrogen-bond donors (Lipinski definition) is 1. The fraction of sp³-hybridized carbons (Fsp3) is 0.200. The predicted octanol–water partition coefficient (Wildman–Crippen LogP) is 2.37. The zero-order valence-corrected chi connectivity index (χ0v) is 13.9. The van der Waals surface area contributed by atoms with Gasteiger partial charge in [-0.25, -0.2) is 9.59 Å². The molecule has 2 aromatic rings. The lowest BCUT2D eigenvalue weighted by Gasteiger charge is -2.29. The normalized spacial score (nSPS) is 19.1. The molecule has 0 amide bonds. The first-order chi connectivity index (χ1) is 12.1. The summed E-state index contributed by atoms with van der Waals surface area (Å²) in [7, 11) is 1.29. The minimum Gasteiger partial charge on any atom is -0.466 e. The fourth-order valence-electron chi connectivity index (χ4n) is 2.88. The Morgan fingerprint density at radius 1 is 1.04 bits per heavy atom. The van der Waals surface area contributed by atoms with Gasteiger partial charge in [-0.15, -0.1) is 0 Å². The number of esters is 2. The van der Waals surface area contributed by atoms with Gasteiger partial charge in [0.05, 0.1) is 12.8 Å². The zero-order valence-electron chi connectivity index (χ0n) is 13.9. The number of ether oxygens (including phenoxy) is 2. The third-order valence-electron chi connectivity index (χ3n) is 4.11. The van der Waals surface area contributed by atoms with Crippen LogP contribution in [-0.4, -0.2) is 24.6 Å².